The van der Waals surface area contributed by atoms with E-state index < -0.39 is 0 Å². The molecule has 23 heavy (non-hydrogen) atoms. The van der Waals surface area contributed by atoms with Gasteiger partial charge in [-0.25, -0.2) is 4.39 Å². The van der Waals surface area contributed by atoms with Gasteiger partial charge in [0.25, 0.3) is 5.91 Å². The Bertz CT molecular complexity index is 643. The Hall–Kier alpha value is -2.43. The summed E-state index contributed by atoms with van der Waals surface area (Å²) in [5.74, 6) is -0.465. The summed E-state index contributed by atoms with van der Waals surface area (Å²) < 4.78 is 12.8. The second-order valence-electron chi connectivity index (χ2n) is 5.52. The summed E-state index contributed by atoms with van der Waals surface area (Å²) in [5.41, 5.74) is 2.25. The SMILES string of the molecule is CCC(C)Nc1ccnc(C(=O)NCCc2ccc(F)cc2)c1. The summed E-state index contributed by atoms with van der Waals surface area (Å²) in [4.78, 5) is 16.2. The Morgan fingerprint density at radius 3 is 2.70 bits per heavy atom. The molecule has 5 heteroatoms. The lowest BCUT2D eigenvalue weighted by Crippen LogP contribution is -2.26. The summed E-state index contributed by atoms with van der Waals surface area (Å²) in [7, 11) is 0. The second kappa shape index (κ2) is 8.27. The molecule has 1 aromatic carbocycles. The maximum absolute atomic E-state index is 12.8. The highest BCUT2D eigenvalue weighted by Gasteiger charge is 2.08. The molecule has 1 amide bonds. The minimum Gasteiger partial charge on any atom is -0.382 e. The molecule has 0 saturated heterocycles. The van der Waals surface area contributed by atoms with Gasteiger partial charge in [0.05, 0.1) is 0 Å². The molecule has 122 valence electrons. The van der Waals surface area contributed by atoms with Crippen LogP contribution in [0.1, 0.15) is 36.3 Å². The Morgan fingerprint density at radius 2 is 2.00 bits per heavy atom. The van der Waals surface area contributed by atoms with E-state index in [1.165, 1.54) is 12.1 Å². The number of aromatic nitrogens is 1. The Morgan fingerprint density at radius 1 is 1.26 bits per heavy atom. The number of hydrogen-bond donors (Lipinski definition) is 2. The number of nitrogens with zero attached hydrogens (tertiary/aromatic N) is 1. The number of benzene rings is 1. The van der Waals surface area contributed by atoms with E-state index in [1.807, 2.05) is 6.07 Å². The van der Waals surface area contributed by atoms with Crippen LogP contribution in [0, 0.1) is 5.82 Å². The lowest BCUT2D eigenvalue weighted by molar-refractivity contribution is 0.0949. The predicted molar refractivity (Wildman–Crippen MR) is 90.0 cm³/mol. The molecule has 0 aliphatic carbocycles. The third kappa shape index (κ3) is 5.36. The molecule has 0 bridgehead atoms. The molecule has 2 rings (SSSR count). The van der Waals surface area contributed by atoms with E-state index in [4.69, 9.17) is 0 Å². The first-order valence-corrected chi connectivity index (χ1v) is 7.83. The van der Waals surface area contributed by atoms with Crippen molar-refractivity contribution in [3.8, 4) is 0 Å². The number of anilines is 1. The van der Waals surface area contributed by atoms with Crippen LogP contribution in [0.5, 0.6) is 0 Å². The fraction of sp³-hybridized carbons (Fsp3) is 0.333. The molecule has 2 aromatic rings. The summed E-state index contributed by atoms with van der Waals surface area (Å²) in [6.07, 6.45) is 3.28. The number of pyridine rings is 1. The topological polar surface area (TPSA) is 54.0 Å². The third-order valence-electron chi connectivity index (χ3n) is 3.63. The molecule has 4 nitrogen and oxygen atoms in total. The van der Waals surface area contributed by atoms with Crippen molar-refractivity contribution in [2.75, 3.05) is 11.9 Å². The van der Waals surface area contributed by atoms with E-state index in [1.54, 1.807) is 24.4 Å². The number of nitrogens with one attached hydrogen (secondary N) is 2. The van der Waals surface area contributed by atoms with E-state index in [2.05, 4.69) is 29.5 Å². The highest BCUT2D eigenvalue weighted by atomic mass is 19.1. The van der Waals surface area contributed by atoms with E-state index in [0.29, 0.717) is 24.7 Å². The van der Waals surface area contributed by atoms with Crippen LogP contribution in [0.15, 0.2) is 42.6 Å². The highest BCUT2D eigenvalue weighted by molar-refractivity contribution is 5.93. The fourth-order valence-corrected chi connectivity index (χ4v) is 2.09. The summed E-state index contributed by atoms with van der Waals surface area (Å²) >= 11 is 0. The number of carbonyl (C=O) groups is 1. The normalized spacial score (nSPS) is 11.8. The van der Waals surface area contributed by atoms with Crippen LogP contribution in [-0.4, -0.2) is 23.5 Å². The lowest BCUT2D eigenvalue weighted by atomic mass is 10.1. The molecule has 0 aliphatic heterocycles. The second-order valence-corrected chi connectivity index (χ2v) is 5.52. The molecule has 1 atom stereocenters. The molecule has 0 fully saturated rings. The van der Waals surface area contributed by atoms with E-state index in [-0.39, 0.29) is 11.7 Å². The number of rotatable bonds is 7. The zero-order valence-electron chi connectivity index (χ0n) is 13.5. The molecule has 1 unspecified atom stereocenters. The van der Waals surface area contributed by atoms with Crippen molar-refractivity contribution in [3.63, 3.8) is 0 Å². The van der Waals surface area contributed by atoms with Gasteiger partial charge >= 0.3 is 0 Å². The molecule has 0 aliphatic rings. The van der Waals surface area contributed by atoms with Gasteiger partial charge in [0.15, 0.2) is 0 Å². The van der Waals surface area contributed by atoms with Crippen LogP contribution in [0.2, 0.25) is 0 Å². The minimum absolute atomic E-state index is 0.208. The molecule has 0 saturated carbocycles. The van der Waals surface area contributed by atoms with Crippen molar-refractivity contribution in [1.82, 2.24) is 10.3 Å². The summed E-state index contributed by atoms with van der Waals surface area (Å²) in [6.45, 7) is 4.67. The van der Waals surface area contributed by atoms with Gasteiger partial charge in [0.2, 0.25) is 0 Å². The van der Waals surface area contributed by atoms with Crippen molar-refractivity contribution >= 4 is 11.6 Å². The van der Waals surface area contributed by atoms with Gasteiger partial charge in [-0.15, -0.1) is 0 Å². The first-order chi connectivity index (χ1) is 11.1. The van der Waals surface area contributed by atoms with Gasteiger partial charge in [-0.2, -0.15) is 0 Å². The molecule has 1 aromatic heterocycles. The number of carbonyl (C=O) groups excluding carboxylic acids is 1. The molecular formula is C18H22FN3O. The van der Waals surface area contributed by atoms with Gasteiger partial charge in [0, 0.05) is 24.5 Å². The van der Waals surface area contributed by atoms with E-state index in [9.17, 15) is 9.18 Å². The van der Waals surface area contributed by atoms with Crippen molar-refractivity contribution < 1.29 is 9.18 Å². The Labute approximate surface area is 136 Å². The maximum Gasteiger partial charge on any atom is 0.269 e. The first kappa shape index (κ1) is 16.9. The number of halogens is 1. The average Bonchev–Trinajstić information content (AvgIpc) is 2.56. The predicted octanol–water partition coefficient (Wildman–Crippen LogP) is 3.40. The van der Waals surface area contributed by atoms with Crippen LogP contribution in [-0.2, 0) is 6.42 Å². The smallest absolute Gasteiger partial charge is 0.269 e. The molecule has 0 spiro atoms. The quantitative estimate of drug-likeness (QED) is 0.823. The molecule has 1 heterocycles. The van der Waals surface area contributed by atoms with Crippen LogP contribution < -0.4 is 10.6 Å². The molecule has 0 radical (unpaired) electrons. The van der Waals surface area contributed by atoms with Crippen LogP contribution in [0.3, 0.4) is 0 Å². The van der Waals surface area contributed by atoms with Gasteiger partial charge < -0.3 is 10.6 Å². The minimum atomic E-state index is -0.257. The highest BCUT2D eigenvalue weighted by Crippen LogP contribution is 2.10. The van der Waals surface area contributed by atoms with Gasteiger partial charge in [-0.1, -0.05) is 19.1 Å². The van der Waals surface area contributed by atoms with Crippen LogP contribution >= 0.6 is 0 Å². The maximum atomic E-state index is 12.8. The number of hydrogen-bond acceptors (Lipinski definition) is 3. The van der Waals surface area contributed by atoms with E-state index >= 15 is 0 Å². The largest absolute Gasteiger partial charge is 0.382 e. The Kier molecular flexibility index (Phi) is 6.09. The first-order valence-electron chi connectivity index (χ1n) is 7.83. The van der Waals surface area contributed by atoms with Gasteiger partial charge in [0.1, 0.15) is 11.5 Å². The Balaban J connectivity index is 1.87. The summed E-state index contributed by atoms with van der Waals surface area (Å²) in [5, 5.41) is 6.15. The average molecular weight is 315 g/mol. The van der Waals surface area contributed by atoms with Crippen molar-refractivity contribution in [2.24, 2.45) is 0 Å². The molecule has 2 N–H and O–H groups in total. The fourth-order valence-electron chi connectivity index (χ4n) is 2.09. The van der Waals surface area contributed by atoms with Crippen molar-refractivity contribution in [3.05, 3.63) is 59.7 Å². The van der Waals surface area contributed by atoms with Gasteiger partial charge in [-0.3, -0.25) is 9.78 Å². The van der Waals surface area contributed by atoms with Crippen molar-refractivity contribution in [1.29, 1.82) is 0 Å². The third-order valence-corrected chi connectivity index (χ3v) is 3.63. The zero-order chi connectivity index (χ0) is 16.7. The lowest BCUT2D eigenvalue weighted by Gasteiger charge is -2.13. The van der Waals surface area contributed by atoms with Crippen LogP contribution in [0.4, 0.5) is 10.1 Å². The zero-order valence-corrected chi connectivity index (χ0v) is 13.5. The monoisotopic (exact) mass is 315 g/mol. The number of amides is 1. The standard InChI is InChI=1S/C18H22FN3O/c1-3-13(2)22-16-9-11-20-17(12-16)18(23)21-10-8-14-4-6-15(19)7-5-14/h4-7,9,11-13H,3,8,10H2,1-2H3,(H,20,22)(H,21,23). The van der Waals surface area contributed by atoms with Crippen LogP contribution in [0.25, 0.3) is 0 Å². The van der Waals surface area contributed by atoms with E-state index in [0.717, 1.165) is 17.7 Å². The van der Waals surface area contributed by atoms with Crippen molar-refractivity contribution in [2.45, 2.75) is 32.7 Å². The summed E-state index contributed by atoms with van der Waals surface area (Å²) in [6, 6.07) is 10.2. The molecular weight excluding hydrogens is 293 g/mol. The van der Waals surface area contributed by atoms with Gasteiger partial charge in [-0.05, 0) is 49.6 Å².